The van der Waals surface area contributed by atoms with Gasteiger partial charge in [0.2, 0.25) is 0 Å². The van der Waals surface area contributed by atoms with Crippen LogP contribution in [-0.4, -0.2) is 28.0 Å². The molecule has 25 heavy (non-hydrogen) atoms. The van der Waals surface area contributed by atoms with E-state index >= 15 is 0 Å². The van der Waals surface area contributed by atoms with E-state index in [4.69, 9.17) is 0 Å². The highest BCUT2D eigenvalue weighted by atomic mass is 32.2. The molecule has 0 bridgehead atoms. The molecule has 1 aromatic carbocycles. The quantitative estimate of drug-likeness (QED) is 0.853. The molecule has 6 heteroatoms. The van der Waals surface area contributed by atoms with E-state index in [0.717, 1.165) is 34.9 Å². The summed E-state index contributed by atoms with van der Waals surface area (Å²) in [5.74, 6) is 1.30. The van der Waals surface area contributed by atoms with Gasteiger partial charge in [-0.1, -0.05) is 49.2 Å². The van der Waals surface area contributed by atoms with Crippen molar-refractivity contribution in [2.24, 2.45) is 4.99 Å². The normalized spacial score (nSPS) is 16.4. The first-order valence-corrected chi connectivity index (χ1v) is 9.43. The summed E-state index contributed by atoms with van der Waals surface area (Å²) in [6, 6.07) is 13.7. The molecule has 1 aliphatic heterocycles. The molecule has 0 spiro atoms. The number of hydrogen-bond donors (Lipinski definition) is 2. The van der Waals surface area contributed by atoms with Crippen molar-refractivity contribution in [3.05, 3.63) is 59.3 Å². The summed E-state index contributed by atoms with van der Waals surface area (Å²) in [5.41, 5.74) is 3.30. The van der Waals surface area contributed by atoms with Gasteiger partial charge in [-0.15, -0.1) is 11.8 Å². The zero-order valence-electron chi connectivity index (χ0n) is 14.5. The number of urea groups is 1. The minimum Gasteiger partial charge on any atom is -0.315 e. The van der Waals surface area contributed by atoms with Gasteiger partial charge in [-0.25, -0.2) is 9.78 Å². The zero-order chi connectivity index (χ0) is 17.6. The van der Waals surface area contributed by atoms with Gasteiger partial charge in [-0.05, 0) is 25.5 Å². The predicted octanol–water partition coefficient (Wildman–Crippen LogP) is 3.98. The average molecular weight is 354 g/mol. The Labute approximate surface area is 152 Å². The standard InChI is InChI=1S/C19H22N4OS/c1-3-5-15-6-4-7-16(20-15)22-19(24)23-17-12-25-18(21-17)14-10-8-13(2)9-11-14/h4,6-11,17H,3,5,12H2,1-2H3,(H2,20,22,23,24). The highest BCUT2D eigenvalue weighted by Gasteiger charge is 2.21. The summed E-state index contributed by atoms with van der Waals surface area (Å²) in [6.07, 6.45) is 1.71. The monoisotopic (exact) mass is 354 g/mol. The first kappa shape index (κ1) is 17.5. The Kier molecular flexibility index (Phi) is 5.71. The highest BCUT2D eigenvalue weighted by Crippen LogP contribution is 2.22. The Hall–Kier alpha value is -2.34. The molecule has 0 saturated heterocycles. The van der Waals surface area contributed by atoms with Crippen LogP contribution in [0.3, 0.4) is 0 Å². The molecule has 0 radical (unpaired) electrons. The third kappa shape index (κ3) is 4.82. The van der Waals surface area contributed by atoms with Crippen LogP contribution in [0.15, 0.2) is 47.5 Å². The van der Waals surface area contributed by atoms with Crippen molar-refractivity contribution < 1.29 is 4.79 Å². The molecule has 0 aliphatic carbocycles. The Bertz CT molecular complexity index is 773. The van der Waals surface area contributed by atoms with Crippen LogP contribution >= 0.6 is 11.8 Å². The largest absolute Gasteiger partial charge is 0.322 e. The number of carbonyl (C=O) groups excluding carboxylic acids is 1. The number of pyridine rings is 1. The van der Waals surface area contributed by atoms with Crippen molar-refractivity contribution in [3.8, 4) is 0 Å². The third-order valence-corrected chi connectivity index (χ3v) is 4.90. The molecule has 2 amide bonds. The molecule has 3 rings (SSSR count). The van der Waals surface area contributed by atoms with Crippen LogP contribution in [0.4, 0.5) is 10.6 Å². The van der Waals surface area contributed by atoms with Gasteiger partial charge in [0.15, 0.2) is 0 Å². The lowest BCUT2D eigenvalue weighted by Gasteiger charge is -2.10. The van der Waals surface area contributed by atoms with E-state index < -0.39 is 0 Å². The number of aliphatic imine (C=N–C) groups is 1. The Morgan fingerprint density at radius 2 is 2.04 bits per heavy atom. The fourth-order valence-electron chi connectivity index (χ4n) is 2.55. The van der Waals surface area contributed by atoms with E-state index in [0.29, 0.717) is 5.82 Å². The van der Waals surface area contributed by atoms with Crippen LogP contribution in [0.1, 0.15) is 30.2 Å². The molecule has 2 N–H and O–H groups in total. The van der Waals surface area contributed by atoms with E-state index in [1.807, 2.05) is 12.1 Å². The van der Waals surface area contributed by atoms with Gasteiger partial charge < -0.3 is 5.32 Å². The molecule has 2 heterocycles. The van der Waals surface area contributed by atoms with Gasteiger partial charge in [-0.2, -0.15) is 0 Å². The summed E-state index contributed by atoms with van der Waals surface area (Å²) in [6.45, 7) is 4.17. The summed E-state index contributed by atoms with van der Waals surface area (Å²) in [5, 5.41) is 6.65. The zero-order valence-corrected chi connectivity index (χ0v) is 15.3. The highest BCUT2D eigenvalue weighted by molar-refractivity contribution is 8.14. The second kappa shape index (κ2) is 8.16. The lowest BCUT2D eigenvalue weighted by molar-refractivity contribution is 0.250. The first-order valence-electron chi connectivity index (χ1n) is 8.45. The smallest absolute Gasteiger partial charge is 0.315 e. The van der Waals surface area contributed by atoms with E-state index in [-0.39, 0.29) is 12.2 Å². The van der Waals surface area contributed by atoms with Crippen molar-refractivity contribution in [3.63, 3.8) is 0 Å². The van der Waals surface area contributed by atoms with Crippen LogP contribution in [0, 0.1) is 6.92 Å². The van der Waals surface area contributed by atoms with Crippen LogP contribution in [0.25, 0.3) is 0 Å². The molecule has 0 fully saturated rings. The van der Waals surface area contributed by atoms with Gasteiger partial charge in [-0.3, -0.25) is 10.3 Å². The molecule has 1 aliphatic rings. The van der Waals surface area contributed by atoms with Crippen molar-refractivity contribution in [2.75, 3.05) is 11.1 Å². The Balaban J connectivity index is 1.58. The second-order valence-corrected chi connectivity index (χ2v) is 7.00. The summed E-state index contributed by atoms with van der Waals surface area (Å²) >= 11 is 1.66. The minimum absolute atomic E-state index is 0.222. The number of anilines is 1. The SMILES string of the molecule is CCCc1cccc(NC(=O)NC2CSC(c3ccc(C)cc3)=N2)n1. The van der Waals surface area contributed by atoms with Gasteiger partial charge >= 0.3 is 6.03 Å². The molecule has 1 unspecified atom stereocenters. The van der Waals surface area contributed by atoms with Crippen molar-refractivity contribution in [2.45, 2.75) is 32.9 Å². The lowest BCUT2D eigenvalue weighted by atomic mass is 10.2. The topological polar surface area (TPSA) is 66.4 Å². The molecular weight excluding hydrogens is 332 g/mol. The fraction of sp³-hybridized carbons (Fsp3) is 0.316. The second-order valence-electron chi connectivity index (χ2n) is 5.99. The number of nitrogens with one attached hydrogen (secondary N) is 2. The van der Waals surface area contributed by atoms with E-state index in [1.54, 1.807) is 17.8 Å². The number of hydrogen-bond acceptors (Lipinski definition) is 4. The lowest BCUT2D eigenvalue weighted by Crippen LogP contribution is -2.37. The van der Waals surface area contributed by atoms with E-state index in [2.05, 4.69) is 58.7 Å². The summed E-state index contributed by atoms with van der Waals surface area (Å²) < 4.78 is 0. The number of aromatic nitrogens is 1. The summed E-state index contributed by atoms with van der Waals surface area (Å²) in [4.78, 5) is 21.2. The molecular formula is C19H22N4OS. The Morgan fingerprint density at radius 1 is 1.24 bits per heavy atom. The molecule has 1 atom stereocenters. The summed E-state index contributed by atoms with van der Waals surface area (Å²) in [7, 11) is 0. The predicted molar refractivity (Wildman–Crippen MR) is 104 cm³/mol. The molecule has 0 saturated carbocycles. The maximum Gasteiger partial charge on any atom is 0.322 e. The number of amides is 2. The van der Waals surface area contributed by atoms with Gasteiger partial charge in [0.05, 0.1) is 0 Å². The average Bonchev–Trinajstić information content (AvgIpc) is 3.04. The van der Waals surface area contributed by atoms with Crippen LogP contribution in [0.5, 0.6) is 0 Å². The maximum atomic E-state index is 12.2. The number of nitrogens with zero attached hydrogens (tertiary/aromatic N) is 2. The molecule has 2 aromatic rings. The van der Waals surface area contributed by atoms with Gasteiger partial charge in [0.25, 0.3) is 0 Å². The molecule has 5 nitrogen and oxygen atoms in total. The first-order chi connectivity index (χ1) is 12.1. The van der Waals surface area contributed by atoms with Gasteiger partial charge in [0.1, 0.15) is 17.0 Å². The van der Waals surface area contributed by atoms with Crippen LogP contribution in [0.2, 0.25) is 0 Å². The number of rotatable bonds is 5. The minimum atomic E-state index is -0.277. The van der Waals surface area contributed by atoms with Crippen molar-refractivity contribution in [1.29, 1.82) is 0 Å². The van der Waals surface area contributed by atoms with Gasteiger partial charge in [0, 0.05) is 17.0 Å². The van der Waals surface area contributed by atoms with E-state index in [1.165, 1.54) is 5.56 Å². The van der Waals surface area contributed by atoms with Crippen molar-refractivity contribution >= 4 is 28.7 Å². The maximum absolute atomic E-state index is 12.2. The number of thioether (sulfide) groups is 1. The number of aryl methyl sites for hydroxylation is 2. The third-order valence-electron chi connectivity index (χ3n) is 3.80. The molecule has 130 valence electrons. The Morgan fingerprint density at radius 3 is 2.80 bits per heavy atom. The fourth-order valence-corrected chi connectivity index (χ4v) is 3.53. The van der Waals surface area contributed by atoms with Crippen molar-refractivity contribution in [1.82, 2.24) is 10.3 Å². The van der Waals surface area contributed by atoms with E-state index in [9.17, 15) is 4.79 Å². The molecule has 1 aromatic heterocycles. The van der Waals surface area contributed by atoms with Crippen LogP contribution < -0.4 is 10.6 Å². The number of carbonyl (C=O) groups is 1. The number of benzene rings is 1. The van der Waals surface area contributed by atoms with Crippen LogP contribution in [-0.2, 0) is 6.42 Å².